The van der Waals surface area contributed by atoms with Gasteiger partial charge in [0.2, 0.25) is 0 Å². The SMILES string of the molecule is COc1cc(C=NNC(=O)c2ccccc2OC)ccc1OC(=O)C=Cc1ccccc1. The molecule has 7 heteroatoms. The van der Waals surface area contributed by atoms with Crippen LogP contribution in [0.25, 0.3) is 6.08 Å². The predicted octanol–water partition coefficient (Wildman–Crippen LogP) is 4.09. The number of amides is 1. The molecule has 0 saturated heterocycles. The summed E-state index contributed by atoms with van der Waals surface area (Å²) in [6.07, 6.45) is 4.47. The van der Waals surface area contributed by atoms with Gasteiger partial charge in [0.25, 0.3) is 5.91 Å². The maximum absolute atomic E-state index is 12.3. The van der Waals surface area contributed by atoms with E-state index in [2.05, 4.69) is 10.5 Å². The summed E-state index contributed by atoms with van der Waals surface area (Å²) < 4.78 is 15.8. The lowest BCUT2D eigenvalue weighted by molar-refractivity contribution is -0.129. The number of esters is 1. The Labute approximate surface area is 185 Å². The first-order chi connectivity index (χ1) is 15.6. The molecule has 0 unspecified atom stereocenters. The highest BCUT2D eigenvalue weighted by atomic mass is 16.6. The normalized spacial score (nSPS) is 10.8. The first-order valence-electron chi connectivity index (χ1n) is 9.70. The van der Waals surface area contributed by atoms with Crippen LogP contribution in [-0.4, -0.2) is 32.3 Å². The Bertz CT molecular complexity index is 1140. The van der Waals surface area contributed by atoms with Crippen LogP contribution in [0.3, 0.4) is 0 Å². The number of nitrogens with zero attached hydrogens (tertiary/aromatic N) is 1. The molecule has 32 heavy (non-hydrogen) atoms. The molecule has 1 N–H and O–H groups in total. The van der Waals surface area contributed by atoms with Crippen molar-refractivity contribution >= 4 is 24.2 Å². The second-order valence-corrected chi connectivity index (χ2v) is 6.47. The van der Waals surface area contributed by atoms with Crippen LogP contribution in [-0.2, 0) is 4.79 Å². The Hall–Kier alpha value is -4.39. The van der Waals surface area contributed by atoms with E-state index in [9.17, 15) is 9.59 Å². The van der Waals surface area contributed by atoms with Crippen molar-refractivity contribution < 1.29 is 23.8 Å². The summed E-state index contributed by atoms with van der Waals surface area (Å²) in [6.45, 7) is 0. The molecule has 0 heterocycles. The minimum Gasteiger partial charge on any atom is -0.496 e. The van der Waals surface area contributed by atoms with E-state index in [4.69, 9.17) is 14.2 Å². The van der Waals surface area contributed by atoms with Gasteiger partial charge in [0, 0.05) is 6.08 Å². The minimum absolute atomic E-state index is 0.269. The molecule has 3 rings (SSSR count). The summed E-state index contributed by atoms with van der Waals surface area (Å²) in [5, 5.41) is 3.97. The van der Waals surface area contributed by atoms with E-state index in [1.165, 1.54) is 26.5 Å². The Kier molecular flexibility index (Phi) is 7.75. The zero-order chi connectivity index (χ0) is 22.8. The quantitative estimate of drug-likeness (QED) is 0.191. The van der Waals surface area contributed by atoms with Crippen LogP contribution in [0, 0.1) is 0 Å². The topological polar surface area (TPSA) is 86.2 Å². The zero-order valence-electron chi connectivity index (χ0n) is 17.6. The number of carbonyl (C=O) groups excluding carboxylic acids is 2. The maximum Gasteiger partial charge on any atom is 0.336 e. The lowest BCUT2D eigenvalue weighted by atomic mass is 10.2. The van der Waals surface area contributed by atoms with Crippen molar-refractivity contribution in [3.05, 3.63) is 95.6 Å². The van der Waals surface area contributed by atoms with Gasteiger partial charge in [0.05, 0.1) is 26.0 Å². The van der Waals surface area contributed by atoms with E-state index in [1.807, 2.05) is 30.3 Å². The Morgan fingerprint density at radius 2 is 1.53 bits per heavy atom. The van der Waals surface area contributed by atoms with Crippen molar-refractivity contribution in [2.75, 3.05) is 14.2 Å². The van der Waals surface area contributed by atoms with Crippen LogP contribution in [0.1, 0.15) is 21.5 Å². The highest BCUT2D eigenvalue weighted by Crippen LogP contribution is 2.28. The molecular formula is C25H22N2O5. The second kappa shape index (κ2) is 11.1. The molecule has 0 radical (unpaired) electrons. The van der Waals surface area contributed by atoms with Crippen LogP contribution in [0.15, 0.2) is 84.0 Å². The number of nitrogens with one attached hydrogen (secondary N) is 1. The van der Waals surface area contributed by atoms with Crippen molar-refractivity contribution in [1.82, 2.24) is 5.43 Å². The van der Waals surface area contributed by atoms with Gasteiger partial charge in [-0.15, -0.1) is 0 Å². The summed E-state index contributed by atoms with van der Waals surface area (Å²) in [5.74, 6) is 0.144. The number of para-hydroxylation sites is 1. The average molecular weight is 430 g/mol. The van der Waals surface area contributed by atoms with Gasteiger partial charge in [0.15, 0.2) is 11.5 Å². The molecule has 0 aliphatic rings. The first-order valence-corrected chi connectivity index (χ1v) is 9.70. The van der Waals surface area contributed by atoms with Gasteiger partial charge in [-0.2, -0.15) is 5.10 Å². The third kappa shape index (κ3) is 6.06. The van der Waals surface area contributed by atoms with Gasteiger partial charge in [-0.05, 0) is 47.5 Å². The molecule has 7 nitrogen and oxygen atoms in total. The molecule has 0 saturated carbocycles. The lowest BCUT2D eigenvalue weighted by Crippen LogP contribution is -2.18. The summed E-state index contributed by atoms with van der Waals surface area (Å²) >= 11 is 0. The van der Waals surface area contributed by atoms with Gasteiger partial charge >= 0.3 is 5.97 Å². The molecule has 3 aromatic carbocycles. The van der Waals surface area contributed by atoms with Gasteiger partial charge in [-0.3, -0.25) is 4.79 Å². The fraction of sp³-hybridized carbons (Fsp3) is 0.0800. The van der Waals surface area contributed by atoms with Crippen molar-refractivity contribution in [2.24, 2.45) is 5.10 Å². The smallest absolute Gasteiger partial charge is 0.336 e. The predicted molar refractivity (Wildman–Crippen MR) is 122 cm³/mol. The third-order valence-electron chi connectivity index (χ3n) is 4.34. The van der Waals surface area contributed by atoms with E-state index in [0.717, 1.165) is 5.56 Å². The standard InChI is InChI=1S/C25H22N2O5/c1-30-21-11-7-6-10-20(21)25(29)27-26-17-19-12-14-22(23(16-19)31-2)32-24(28)15-13-18-8-4-3-5-9-18/h3-17H,1-2H3,(H,27,29). The Morgan fingerprint density at radius 3 is 2.28 bits per heavy atom. The van der Waals surface area contributed by atoms with Crippen LogP contribution < -0.4 is 19.6 Å². The number of rotatable bonds is 8. The summed E-state index contributed by atoms with van der Waals surface area (Å²) in [6, 6.07) is 21.2. The van der Waals surface area contributed by atoms with Crippen LogP contribution in [0.4, 0.5) is 0 Å². The third-order valence-corrected chi connectivity index (χ3v) is 4.34. The van der Waals surface area contributed by atoms with Crippen molar-refractivity contribution in [1.29, 1.82) is 0 Å². The van der Waals surface area contributed by atoms with E-state index in [1.54, 1.807) is 48.5 Å². The number of carbonyl (C=O) groups is 2. The lowest BCUT2D eigenvalue weighted by Gasteiger charge is -2.09. The van der Waals surface area contributed by atoms with E-state index >= 15 is 0 Å². The number of methoxy groups -OCH3 is 2. The molecular weight excluding hydrogens is 408 g/mol. The molecule has 0 aromatic heterocycles. The van der Waals surface area contributed by atoms with Crippen LogP contribution in [0.5, 0.6) is 17.2 Å². The Morgan fingerprint density at radius 1 is 0.812 bits per heavy atom. The van der Waals surface area contributed by atoms with Crippen LogP contribution >= 0.6 is 0 Å². The van der Waals surface area contributed by atoms with Crippen molar-refractivity contribution in [2.45, 2.75) is 0 Å². The minimum atomic E-state index is -0.530. The summed E-state index contributed by atoms with van der Waals surface area (Å²) in [5.41, 5.74) is 4.35. The fourth-order valence-electron chi connectivity index (χ4n) is 2.78. The Balaban J connectivity index is 1.64. The van der Waals surface area contributed by atoms with Crippen LogP contribution in [0.2, 0.25) is 0 Å². The molecule has 0 fully saturated rings. The molecule has 162 valence electrons. The van der Waals surface area contributed by atoms with Gasteiger partial charge in [0.1, 0.15) is 5.75 Å². The summed E-state index contributed by atoms with van der Waals surface area (Å²) in [4.78, 5) is 24.4. The number of hydrogen-bond acceptors (Lipinski definition) is 6. The zero-order valence-corrected chi connectivity index (χ0v) is 17.6. The number of benzene rings is 3. The highest BCUT2D eigenvalue weighted by molar-refractivity contribution is 5.97. The molecule has 3 aromatic rings. The number of hydrogen-bond donors (Lipinski definition) is 1. The molecule has 0 atom stereocenters. The largest absolute Gasteiger partial charge is 0.496 e. The number of ether oxygens (including phenoxy) is 3. The molecule has 0 bridgehead atoms. The van der Waals surface area contributed by atoms with Crippen molar-refractivity contribution in [3.8, 4) is 17.2 Å². The summed E-state index contributed by atoms with van der Waals surface area (Å²) in [7, 11) is 2.96. The van der Waals surface area contributed by atoms with Gasteiger partial charge in [-0.1, -0.05) is 42.5 Å². The molecule has 0 aliphatic carbocycles. The maximum atomic E-state index is 12.3. The second-order valence-electron chi connectivity index (χ2n) is 6.47. The van der Waals surface area contributed by atoms with E-state index < -0.39 is 11.9 Å². The molecule has 1 amide bonds. The first kappa shape index (κ1) is 22.3. The van der Waals surface area contributed by atoms with Gasteiger partial charge in [-0.25, -0.2) is 10.2 Å². The van der Waals surface area contributed by atoms with E-state index in [-0.39, 0.29) is 5.75 Å². The highest BCUT2D eigenvalue weighted by Gasteiger charge is 2.11. The van der Waals surface area contributed by atoms with E-state index in [0.29, 0.717) is 22.6 Å². The number of hydrazone groups is 1. The monoisotopic (exact) mass is 430 g/mol. The average Bonchev–Trinajstić information content (AvgIpc) is 2.84. The fourth-order valence-corrected chi connectivity index (χ4v) is 2.78. The van der Waals surface area contributed by atoms with Crippen molar-refractivity contribution in [3.63, 3.8) is 0 Å². The van der Waals surface area contributed by atoms with Gasteiger partial charge < -0.3 is 14.2 Å². The molecule has 0 spiro atoms. The molecule has 0 aliphatic heterocycles.